The number of aromatic hydroxyl groups is 1. The average molecular weight is 253 g/mol. The lowest BCUT2D eigenvalue weighted by atomic mass is 10.1. The molecule has 0 unspecified atom stereocenters. The van der Waals surface area contributed by atoms with Gasteiger partial charge in [0.2, 0.25) is 0 Å². The first-order chi connectivity index (χ1) is 8.50. The maximum Gasteiger partial charge on any atom is 0.329 e. The van der Waals surface area contributed by atoms with Crippen LogP contribution < -0.4 is 5.32 Å². The number of benzene rings is 1. The van der Waals surface area contributed by atoms with E-state index >= 15 is 0 Å². The van der Waals surface area contributed by atoms with E-state index in [4.69, 9.17) is 9.84 Å². The van der Waals surface area contributed by atoms with Crippen molar-refractivity contribution in [3.63, 3.8) is 0 Å². The Morgan fingerprint density at radius 1 is 1.39 bits per heavy atom. The number of ether oxygens (including phenoxy) is 1. The Morgan fingerprint density at radius 2 is 2.11 bits per heavy atom. The molecule has 0 fully saturated rings. The Hall–Kier alpha value is -2.08. The van der Waals surface area contributed by atoms with Crippen LogP contribution in [0.1, 0.15) is 15.9 Å². The number of hydrogen-bond donors (Lipinski definition) is 3. The summed E-state index contributed by atoms with van der Waals surface area (Å²) in [4.78, 5) is 21.9. The van der Waals surface area contributed by atoms with E-state index in [1.807, 2.05) is 0 Å². The number of rotatable bonds is 6. The highest BCUT2D eigenvalue weighted by Gasteiger charge is 2.08. The van der Waals surface area contributed by atoms with E-state index in [1.54, 1.807) is 6.92 Å². The van der Waals surface area contributed by atoms with E-state index in [2.05, 4.69) is 5.32 Å². The molecule has 0 aliphatic rings. The van der Waals surface area contributed by atoms with Crippen molar-refractivity contribution in [1.29, 1.82) is 0 Å². The van der Waals surface area contributed by atoms with E-state index in [0.29, 0.717) is 11.1 Å². The molecular formula is C12H15NO5. The molecule has 0 aromatic heterocycles. The first-order valence-electron chi connectivity index (χ1n) is 5.38. The van der Waals surface area contributed by atoms with Crippen LogP contribution in [0.25, 0.3) is 0 Å². The van der Waals surface area contributed by atoms with Crippen molar-refractivity contribution in [3.05, 3.63) is 29.3 Å². The number of aliphatic carboxylic acids is 1. The van der Waals surface area contributed by atoms with Gasteiger partial charge in [-0.1, -0.05) is 0 Å². The first kappa shape index (κ1) is 14.0. The SMILES string of the molecule is Cc1cc(O)ccc1C(=O)NCCOCC(=O)O. The number of aryl methyl sites for hydroxylation is 1. The topological polar surface area (TPSA) is 95.9 Å². The minimum atomic E-state index is -1.05. The van der Waals surface area contributed by atoms with Gasteiger partial charge in [-0.3, -0.25) is 4.79 Å². The Morgan fingerprint density at radius 3 is 2.72 bits per heavy atom. The predicted molar refractivity (Wildman–Crippen MR) is 63.6 cm³/mol. The van der Waals surface area contributed by atoms with Gasteiger partial charge in [0.25, 0.3) is 5.91 Å². The molecule has 0 atom stereocenters. The Labute approximate surface area is 104 Å². The highest BCUT2D eigenvalue weighted by molar-refractivity contribution is 5.95. The molecule has 0 saturated carbocycles. The predicted octanol–water partition coefficient (Wildman–Crippen LogP) is 0.532. The van der Waals surface area contributed by atoms with Crippen LogP contribution in [-0.4, -0.2) is 41.8 Å². The smallest absolute Gasteiger partial charge is 0.329 e. The molecule has 6 nitrogen and oxygen atoms in total. The third-order valence-electron chi connectivity index (χ3n) is 2.21. The molecule has 0 aliphatic heterocycles. The molecule has 0 radical (unpaired) electrons. The van der Waals surface area contributed by atoms with Gasteiger partial charge in [0.05, 0.1) is 6.61 Å². The first-order valence-corrected chi connectivity index (χ1v) is 5.38. The summed E-state index contributed by atoms with van der Waals surface area (Å²) in [5.41, 5.74) is 1.13. The largest absolute Gasteiger partial charge is 0.508 e. The second-order valence-corrected chi connectivity index (χ2v) is 3.70. The number of hydrogen-bond acceptors (Lipinski definition) is 4. The van der Waals surface area contributed by atoms with Gasteiger partial charge in [0.1, 0.15) is 12.4 Å². The van der Waals surface area contributed by atoms with Gasteiger partial charge in [-0.15, -0.1) is 0 Å². The Balaban J connectivity index is 2.39. The number of carboxylic acids is 1. The maximum absolute atomic E-state index is 11.7. The second kappa shape index (κ2) is 6.61. The highest BCUT2D eigenvalue weighted by Crippen LogP contribution is 2.15. The zero-order valence-electron chi connectivity index (χ0n) is 9.97. The fourth-order valence-electron chi connectivity index (χ4n) is 1.39. The monoisotopic (exact) mass is 253 g/mol. The molecule has 18 heavy (non-hydrogen) atoms. The molecule has 1 aromatic rings. The summed E-state index contributed by atoms with van der Waals surface area (Å²) in [6.07, 6.45) is 0. The molecule has 98 valence electrons. The molecule has 6 heteroatoms. The number of carbonyl (C=O) groups is 2. The van der Waals surface area contributed by atoms with Gasteiger partial charge in [0.15, 0.2) is 0 Å². The van der Waals surface area contributed by atoms with Crippen LogP contribution >= 0.6 is 0 Å². The maximum atomic E-state index is 11.7. The normalized spacial score (nSPS) is 10.1. The Bertz CT molecular complexity index is 444. The van der Waals surface area contributed by atoms with Gasteiger partial charge in [-0.2, -0.15) is 0 Å². The van der Waals surface area contributed by atoms with E-state index in [9.17, 15) is 14.7 Å². The molecule has 1 aromatic carbocycles. The number of amides is 1. The minimum Gasteiger partial charge on any atom is -0.508 e. The molecule has 3 N–H and O–H groups in total. The number of carboxylic acid groups (broad SMARTS) is 1. The van der Waals surface area contributed by atoms with Gasteiger partial charge < -0.3 is 20.3 Å². The molecular weight excluding hydrogens is 238 g/mol. The van der Waals surface area contributed by atoms with Crippen molar-refractivity contribution < 1.29 is 24.5 Å². The quantitative estimate of drug-likeness (QED) is 0.643. The zero-order chi connectivity index (χ0) is 13.5. The van der Waals surface area contributed by atoms with Gasteiger partial charge in [-0.25, -0.2) is 4.79 Å². The summed E-state index contributed by atoms with van der Waals surface area (Å²) in [7, 11) is 0. The molecule has 0 aliphatic carbocycles. The van der Waals surface area contributed by atoms with Gasteiger partial charge >= 0.3 is 5.97 Å². The van der Waals surface area contributed by atoms with Crippen LogP contribution in [0.15, 0.2) is 18.2 Å². The van der Waals surface area contributed by atoms with Crippen LogP contribution in [0.4, 0.5) is 0 Å². The molecule has 0 saturated heterocycles. The van der Waals surface area contributed by atoms with Crippen LogP contribution in [-0.2, 0) is 9.53 Å². The van der Waals surface area contributed by atoms with Crippen molar-refractivity contribution in [2.45, 2.75) is 6.92 Å². The van der Waals surface area contributed by atoms with Crippen molar-refractivity contribution in [2.24, 2.45) is 0 Å². The van der Waals surface area contributed by atoms with E-state index in [1.165, 1.54) is 18.2 Å². The zero-order valence-corrected chi connectivity index (χ0v) is 9.97. The number of phenols is 1. The summed E-state index contributed by atoms with van der Waals surface area (Å²) in [5, 5.41) is 20.1. The Kier molecular flexibility index (Phi) is 5.13. The summed E-state index contributed by atoms with van der Waals surface area (Å²) in [5.74, 6) is -1.23. The van der Waals surface area contributed by atoms with Crippen LogP contribution in [0.5, 0.6) is 5.75 Å². The van der Waals surface area contributed by atoms with Crippen LogP contribution in [0.3, 0.4) is 0 Å². The number of phenolic OH excluding ortho intramolecular Hbond substituents is 1. The van der Waals surface area contributed by atoms with Crippen molar-refractivity contribution in [2.75, 3.05) is 19.8 Å². The fraction of sp³-hybridized carbons (Fsp3) is 0.333. The third-order valence-corrected chi connectivity index (χ3v) is 2.21. The standard InChI is InChI=1S/C12H15NO5/c1-8-6-9(14)2-3-10(8)12(17)13-4-5-18-7-11(15)16/h2-3,6,14H,4-5,7H2,1H3,(H,13,17)(H,15,16). The average Bonchev–Trinajstić information content (AvgIpc) is 2.27. The van der Waals surface area contributed by atoms with E-state index in [0.717, 1.165) is 0 Å². The third kappa shape index (κ3) is 4.42. The number of nitrogens with one attached hydrogen (secondary N) is 1. The summed E-state index contributed by atoms with van der Waals surface area (Å²) in [6.45, 7) is 1.70. The van der Waals surface area contributed by atoms with Crippen molar-refractivity contribution in [3.8, 4) is 5.75 Å². The molecule has 0 heterocycles. The number of carbonyl (C=O) groups excluding carboxylic acids is 1. The minimum absolute atomic E-state index is 0.105. The van der Waals surface area contributed by atoms with E-state index < -0.39 is 5.97 Å². The van der Waals surface area contributed by atoms with Crippen molar-refractivity contribution >= 4 is 11.9 Å². The summed E-state index contributed by atoms with van der Waals surface area (Å²) >= 11 is 0. The van der Waals surface area contributed by atoms with Crippen molar-refractivity contribution in [1.82, 2.24) is 5.32 Å². The fourth-order valence-corrected chi connectivity index (χ4v) is 1.39. The van der Waals surface area contributed by atoms with Gasteiger partial charge in [-0.05, 0) is 30.7 Å². The highest BCUT2D eigenvalue weighted by atomic mass is 16.5. The summed E-state index contributed by atoms with van der Waals surface area (Å²) in [6, 6.07) is 4.46. The molecule has 1 amide bonds. The molecule has 1 rings (SSSR count). The van der Waals surface area contributed by atoms with Crippen LogP contribution in [0.2, 0.25) is 0 Å². The lowest BCUT2D eigenvalue weighted by Gasteiger charge is -2.07. The second-order valence-electron chi connectivity index (χ2n) is 3.70. The lowest BCUT2D eigenvalue weighted by Crippen LogP contribution is -2.28. The van der Waals surface area contributed by atoms with Crippen LogP contribution in [0, 0.1) is 6.92 Å². The van der Waals surface area contributed by atoms with E-state index in [-0.39, 0.29) is 31.4 Å². The lowest BCUT2D eigenvalue weighted by molar-refractivity contribution is -0.142. The molecule has 0 spiro atoms. The van der Waals surface area contributed by atoms with Gasteiger partial charge in [0, 0.05) is 12.1 Å². The summed E-state index contributed by atoms with van der Waals surface area (Å²) < 4.78 is 4.78. The molecule has 0 bridgehead atoms.